The third-order valence-electron chi connectivity index (χ3n) is 1.10. The Morgan fingerprint density at radius 2 is 2.73 bits per heavy atom. The molecule has 0 bridgehead atoms. The number of aromatic nitrogens is 2. The van der Waals surface area contributed by atoms with E-state index in [4.69, 9.17) is 0 Å². The van der Waals surface area contributed by atoms with E-state index in [9.17, 15) is 4.79 Å². The van der Waals surface area contributed by atoms with Crippen molar-refractivity contribution in [3.63, 3.8) is 0 Å². The molecule has 0 spiro atoms. The highest BCUT2D eigenvalue weighted by Crippen LogP contribution is 1.91. The van der Waals surface area contributed by atoms with Gasteiger partial charge >= 0.3 is 5.97 Å². The van der Waals surface area contributed by atoms with Crippen LogP contribution < -0.4 is 0 Å². The molecule has 0 amide bonds. The van der Waals surface area contributed by atoms with E-state index in [1.54, 1.807) is 18.5 Å². The first-order chi connectivity index (χ1) is 5.33. The lowest BCUT2D eigenvalue weighted by Gasteiger charge is -1.87. The van der Waals surface area contributed by atoms with Crippen LogP contribution in [0.4, 0.5) is 0 Å². The van der Waals surface area contributed by atoms with Crippen LogP contribution in [0.5, 0.6) is 0 Å². The van der Waals surface area contributed by atoms with Crippen molar-refractivity contribution in [1.82, 2.24) is 9.97 Å². The second-order valence-electron chi connectivity index (χ2n) is 1.83. The molecule has 1 heterocycles. The standard InChI is InChI=1S/C7H8N2O2.H2/c1-11-7(10)3-2-6-8-4-5-9-6;/h2-5H,1H3,(H,8,9);1H/b3-2+;. The second kappa shape index (κ2) is 3.55. The fourth-order valence-electron chi connectivity index (χ4n) is 0.584. The number of ether oxygens (including phenoxy) is 1. The number of H-pyrrole nitrogens is 1. The highest BCUT2D eigenvalue weighted by Gasteiger charge is 1.91. The van der Waals surface area contributed by atoms with Crippen LogP contribution in [-0.4, -0.2) is 23.0 Å². The molecule has 1 rings (SSSR count). The molecule has 0 saturated heterocycles. The quantitative estimate of drug-likeness (QED) is 0.507. The van der Waals surface area contributed by atoms with Crippen LogP contribution in [0.25, 0.3) is 6.08 Å². The molecule has 1 aromatic heterocycles. The first-order valence-electron chi connectivity index (χ1n) is 3.08. The first kappa shape index (κ1) is 7.53. The van der Waals surface area contributed by atoms with E-state index in [2.05, 4.69) is 14.7 Å². The maximum Gasteiger partial charge on any atom is 0.330 e. The van der Waals surface area contributed by atoms with Gasteiger partial charge in [-0.2, -0.15) is 0 Å². The molecule has 0 aliphatic heterocycles. The number of nitrogens with one attached hydrogen (secondary N) is 1. The Hall–Kier alpha value is -1.58. The third kappa shape index (κ3) is 2.25. The first-order valence-corrected chi connectivity index (χ1v) is 3.08. The number of aromatic amines is 1. The van der Waals surface area contributed by atoms with Crippen molar-refractivity contribution in [2.45, 2.75) is 0 Å². The Kier molecular flexibility index (Phi) is 2.43. The molecular formula is C7H10N2O2. The van der Waals surface area contributed by atoms with Crippen molar-refractivity contribution < 1.29 is 11.0 Å². The zero-order valence-electron chi connectivity index (χ0n) is 6.07. The summed E-state index contributed by atoms with van der Waals surface area (Å²) < 4.78 is 4.38. The van der Waals surface area contributed by atoms with Gasteiger partial charge in [0.05, 0.1) is 7.11 Å². The average molecular weight is 154 g/mol. The highest BCUT2D eigenvalue weighted by atomic mass is 16.5. The number of carbonyl (C=O) groups excluding carboxylic acids is 1. The van der Waals surface area contributed by atoms with Crippen LogP contribution in [0.2, 0.25) is 0 Å². The predicted octanol–water partition coefficient (Wildman–Crippen LogP) is 0.842. The van der Waals surface area contributed by atoms with E-state index in [0.29, 0.717) is 5.82 Å². The number of imidazole rings is 1. The maximum absolute atomic E-state index is 10.6. The minimum absolute atomic E-state index is 0. The number of hydrogen-bond donors (Lipinski definition) is 1. The Balaban J connectivity index is 0.00000121. The van der Waals surface area contributed by atoms with Gasteiger partial charge in [-0.05, 0) is 6.08 Å². The van der Waals surface area contributed by atoms with E-state index in [1.165, 1.54) is 13.2 Å². The molecule has 4 heteroatoms. The number of carbonyl (C=O) groups is 1. The monoisotopic (exact) mass is 154 g/mol. The van der Waals surface area contributed by atoms with E-state index >= 15 is 0 Å². The summed E-state index contributed by atoms with van der Waals surface area (Å²) in [5.41, 5.74) is 0. The fourth-order valence-corrected chi connectivity index (χ4v) is 0.584. The van der Waals surface area contributed by atoms with Gasteiger partial charge in [-0.3, -0.25) is 0 Å². The Morgan fingerprint density at radius 1 is 1.91 bits per heavy atom. The highest BCUT2D eigenvalue weighted by molar-refractivity contribution is 5.86. The summed E-state index contributed by atoms with van der Waals surface area (Å²) in [5, 5.41) is 0. The summed E-state index contributed by atoms with van der Waals surface area (Å²) in [6, 6.07) is 0. The van der Waals surface area contributed by atoms with Gasteiger partial charge in [0.15, 0.2) is 0 Å². The molecule has 0 aliphatic rings. The largest absolute Gasteiger partial charge is 0.466 e. The van der Waals surface area contributed by atoms with Gasteiger partial charge in [0, 0.05) is 19.9 Å². The predicted molar refractivity (Wildman–Crippen MR) is 41.8 cm³/mol. The fraction of sp³-hybridized carbons (Fsp3) is 0.143. The van der Waals surface area contributed by atoms with Gasteiger partial charge in [-0.1, -0.05) is 0 Å². The average Bonchev–Trinajstić information content (AvgIpc) is 2.52. The summed E-state index contributed by atoms with van der Waals surface area (Å²) in [7, 11) is 1.33. The van der Waals surface area contributed by atoms with E-state index in [0.717, 1.165) is 0 Å². The number of nitrogens with zero attached hydrogens (tertiary/aromatic N) is 1. The van der Waals surface area contributed by atoms with E-state index in [1.807, 2.05) is 0 Å². The van der Waals surface area contributed by atoms with Gasteiger partial charge in [0.1, 0.15) is 5.82 Å². The molecule has 0 atom stereocenters. The lowest BCUT2D eigenvalue weighted by atomic mass is 10.5. The third-order valence-corrected chi connectivity index (χ3v) is 1.10. The molecule has 1 N–H and O–H groups in total. The van der Waals surface area contributed by atoms with Crippen LogP contribution in [0.3, 0.4) is 0 Å². The van der Waals surface area contributed by atoms with Gasteiger partial charge in [-0.25, -0.2) is 9.78 Å². The molecule has 11 heavy (non-hydrogen) atoms. The van der Waals surface area contributed by atoms with Crippen LogP contribution in [0, 0.1) is 0 Å². The van der Waals surface area contributed by atoms with Crippen LogP contribution in [0.15, 0.2) is 18.5 Å². The van der Waals surface area contributed by atoms with Crippen molar-refractivity contribution in [1.29, 1.82) is 0 Å². The van der Waals surface area contributed by atoms with Gasteiger partial charge in [0.25, 0.3) is 0 Å². The minimum Gasteiger partial charge on any atom is -0.466 e. The lowest BCUT2D eigenvalue weighted by Crippen LogP contribution is -1.93. The maximum atomic E-state index is 10.6. The summed E-state index contributed by atoms with van der Waals surface area (Å²) in [6.45, 7) is 0. The SMILES string of the molecule is COC(=O)/C=C/c1ncc[nH]1.[HH]. The smallest absolute Gasteiger partial charge is 0.330 e. The summed E-state index contributed by atoms with van der Waals surface area (Å²) in [4.78, 5) is 17.2. The van der Waals surface area contributed by atoms with E-state index < -0.39 is 0 Å². The molecule has 0 unspecified atom stereocenters. The summed E-state index contributed by atoms with van der Waals surface area (Å²) in [5.74, 6) is 0.247. The molecule has 0 aliphatic carbocycles. The van der Waals surface area contributed by atoms with Crippen LogP contribution in [0.1, 0.15) is 7.25 Å². The van der Waals surface area contributed by atoms with Crippen LogP contribution in [-0.2, 0) is 9.53 Å². The molecule has 1 aromatic rings. The zero-order chi connectivity index (χ0) is 8.10. The van der Waals surface area contributed by atoms with Crippen molar-refractivity contribution in [3.05, 3.63) is 24.3 Å². The number of esters is 1. The van der Waals surface area contributed by atoms with Crippen LogP contribution >= 0.6 is 0 Å². The molecule has 0 aromatic carbocycles. The Morgan fingerprint density at radius 3 is 3.27 bits per heavy atom. The van der Waals surface area contributed by atoms with Gasteiger partial charge in [0.2, 0.25) is 0 Å². The minimum atomic E-state index is -0.388. The number of rotatable bonds is 2. The summed E-state index contributed by atoms with van der Waals surface area (Å²) >= 11 is 0. The number of methoxy groups -OCH3 is 1. The molecule has 0 radical (unpaired) electrons. The van der Waals surface area contributed by atoms with Crippen molar-refractivity contribution >= 4 is 12.0 Å². The van der Waals surface area contributed by atoms with Crippen molar-refractivity contribution in [2.24, 2.45) is 0 Å². The van der Waals surface area contributed by atoms with Crippen molar-refractivity contribution in [3.8, 4) is 0 Å². The molecule has 60 valence electrons. The summed E-state index contributed by atoms with van der Waals surface area (Å²) in [6.07, 6.45) is 6.14. The zero-order valence-corrected chi connectivity index (χ0v) is 6.07. The Labute approximate surface area is 65.4 Å². The van der Waals surface area contributed by atoms with E-state index in [-0.39, 0.29) is 7.40 Å². The normalized spacial score (nSPS) is 10.3. The van der Waals surface area contributed by atoms with Crippen molar-refractivity contribution in [2.75, 3.05) is 7.11 Å². The number of hydrogen-bond acceptors (Lipinski definition) is 3. The second-order valence-corrected chi connectivity index (χ2v) is 1.83. The van der Waals surface area contributed by atoms with Gasteiger partial charge < -0.3 is 9.72 Å². The van der Waals surface area contributed by atoms with Gasteiger partial charge in [-0.15, -0.1) is 0 Å². The molecule has 0 fully saturated rings. The molecule has 4 nitrogen and oxygen atoms in total. The molecular weight excluding hydrogens is 144 g/mol. The lowest BCUT2D eigenvalue weighted by molar-refractivity contribution is -0.134. The Bertz CT molecular complexity index is 256. The molecule has 0 saturated carbocycles. The topological polar surface area (TPSA) is 55.0 Å².